The van der Waals surface area contributed by atoms with Crippen molar-refractivity contribution >= 4 is 30.0 Å². The molecule has 2 atom stereocenters. The van der Waals surface area contributed by atoms with Crippen molar-refractivity contribution in [3.8, 4) is 0 Å². The first kappa shape index (κ1) is 29.7. The van der Waals surface area contributed by atoms with Crippen molar-refractivity contribution in [2.75, 3.05) is 20.2 Å². The second-order valence-corrected chi connectivity index (χ2v) is 9.52. The van der Waals surface area contributed by atoms with E-state index in [1.165, 1.54) is 12.0 Å². The molecule has 0 spiro atoms. The molecular weight excluding hydrogens is 450 g/mol. The summed E-state index contributed by atoms with van der Waals surface area (Å²) in [5.41, 5.74) is 0.574. The Morgan fingerprint density at radius 1 is 1.17 bits per heavy atom. The molecule has 0 bridgehead atoms. The lowest BCUT2D eigenvalue weighted by Gasteiger charge is -2.34. The van der Waals surface area contributed by atoms with E-state index in [2.05, 4.69) is 21.9 Å². The lowest BCUT2D eigenvalue weighted by molar-refractivity contribution is -0.144. The Bertz CT molecular complexity index is 907. The van der Waals surface area contributed by atoms with E-state index < -0.39 is 41.6 Å². The largest absolute Gasteiger partial charge is 0.468 e. The molecule has 0 fully saturated rings. The number of methoxy groups -OCH3 is 1. The zero-order valence-corrected chi connectivity index (χ0v) is 21.8. The molecule has 0 saturated heterocycles. The highest BCUT2D eigenvalue weighted by atomic mass is 16.6. The summed E-state index contributed by atoms with van der Waals surface area (Å²) in [6, 6.07) is 5.10. The van der Waals surface area contributed by atoms with Crippen molar-refractivity contribution in [3.05, 3.63) is 42.0 Å². The van der Waals surface area contributed by atoms with Gasteiger partial charge in [0.15, 0.2) is 0 Å². The zero-order chi connectivity index (χ0) is 26.8. The molecule has 2 N–H and O–H groups in total. The average molecular weight is 490 g/mol. The van der Waals surface area contributed by atoms with Gasteiger partial charge in [0.1, 0.15) is 24.2 Å². The van der Waals surface area contributed by atoms with Crippen LogP contribution in [0.4, 0.5) is 4.79 Å². The third-order valence-electron chi connectivity index (χ3n) is 4.98. The first-order chi connectivity index (χ1) is 16.3. The number of nitrogens with one attached hydrogen (secondary N) is 2. The van der Waals surface area contributed by atoms with Gasteiger partial charge in [0.2, 0.25) is 11.8 Å². The molecule has 9 heteroatoms. The summed E-state index contributed by atoms with van der Waals surface area (Å²) >= 11 is 0. The minimum atomic E-state index is -1.05. The lowest BCUT2D eigenvalue weighted by atomic mass is 9.98. The Balaban J connectivity index is 3.39. The Hall–Kier alpha value is -3.36. The molecule has 0 heterocycles. The summed E-state index contributed by atoms with van der Waals surface area (Å²) in [6.45, 7) is 14.4. The third kappa shape index (κ3) is 9.80. The van der Waals surface area contributed by atoms with Crippen LogP contribution in [-0.2, 0) is 23.9 Å². The van der Waals surface area contributed by atoms with Crippen molar-refractivity contribution in [1.29, 1.82) is 0 Å². The number of esters is 1. The van der Waals surface area contributed by atoms with E-state index in [4.69, 9.17) is 4.74 Å². The van der Waals surface area contributed by atoms with E-state index in [-0.39, 0.29) is 19.0 Å². The van der Waals surface area contributed by atoms with Crippen LogP contribution in [-0.4, -0.2) is 60.6 Å². The molecule has 3 amide bonds. The molecule has 1 aromatic rings. The van der Waals surface area contributed by atoms with Gasteiger partial charge in [0.05, 0.1) is 7.11 Å². The van der Waals surface area contributed by atoms with E-state index >= 15 is 0 Å². The summed E-state index contributed by atoms with van der Waals surface area (Å²) in [7, 11) is 1.22. The SMILES string of the molecule is C=Cc1cccc(C(C(=O)NCC(=O)OC)N(CC)C(=O)C(CC(C)C)NC(=O)OC(C)(C)C)c1. The number of hydrogen-bond donors (Lipinski definition) is 2. The number of likely N-dealkylation sites (N-methyl/N-ethyl adjacent to an activating group) is 1. The van der Waals surface area contributed by atoms with Gasteiger partial charge in [-0.05, 0) is 57.2 Å². The number of nitrogens with zero attached hydrogens (tertiary/aromatic N) is 1. The van der Waals surface area contributed by atoms with Crippen LogP contribution < -0.4 is 10.6 Å². The molecule has 2 unspecified atom stereocenters. The Morgan fingerprint density at radius 3 is 2.34 bits per heavy atom. The minimum absolute atomic E-state index is 0.0771. The Kier molecular flexibility index (Phi) is 11.5. The van der Waals surface area contributed by atoms with Gasteiger partial charge in [0.25, 0.3) is 0 Å². The van der Waals surface area contributed by atoms with Gasteiger partial charge in [-0.15, -0.1) is 0 Å². The number of carbonyl (C=O) groups excluding carboxylic acids is 4. The summed E-state index contributed by atoms with van der Waals surface area (Å²) in [5.74, 6) is -1.52. The van der Waals surface area contributed by atoms with E-state index in [0.717, 1.165) is 5.56 Å². The predicted molar refractivity (Wildman–Crippen MR) is 134 cm³/mol. The molecule has 0 radical (unpaired) electrons. The number of alkyl carbamates (subject to hydrolysis) is 1. The maximum atomic E-state index is 13.7. The molecule has 0 aliphatic heterocycles. The average Bonchev–Trinajstić information content (AvgIpc) is 2.78. The van der Waals surface area contributed by atoms with Crippen molar-refractivity contribution in [3.63, 3.8) is 0 Å². The minimum Gasteiger partial charge on any atom is -0.468 e. The monoisotopic (exact) mass is 489 g/mol. The van der Waals surface area contributed by atoms with Crippen LogP contribution in [0.3, 0.4) is 0 Å². The van der Waals surface area contributed by atoms with Gasteiger partial charge in [0, 0.05) is 6.54 Å². The number of hydrogen-bond acceptors (Lipinski definition) is 6. The highest BCUT2D eigenvalue weighted by Gasteiger charge is 2.36. The van der Waals surface area contributed by atoms with Gasteiger partial charge in [-0.25, -0.2) is 4.79 Å². The van der Waals surface area contributed by atoms with Crippen molar-refractivity contribution in [1.82, 2.24) is 15.5 Å². The van der Waals surface area contributed by atoms with E-state index in [0.29, 0.717) is 12.0 Å². The number of amides is 3. The maximum Gasteiger partial charge on any atom is 0.408 e. The van der Waals surface area contributed by atoms with Gasteiger partial charge >= 0.3 is 12.1 Å². The fourth-order valence-electron chi connectivity index (χ4n) is 3.47. The predicted octanol–water partition coefficient (Wildman–Crippen LogP) is 3.45. The van der Waals surface area contributed by atoms with Crippen molar-refractivity contribution in [2.45, 2.75) is 65.6 Å². The van der Waals surface area contributed by atoms with E-state index in [9.17, 15) is 19.2 Å². The molecule has 0 saturated carbocycles. The summed E-state index contributed by atoms with van der Waals surface area (Å²) in [4.78, 5) is 52.5. The van der Waals surface area contributed by atoms with E-state index in [1.807, 2.05) is 19.9 Å². The fourth-order valence-corrected chi connectivity index (χ4v) is 3.47. The van der Waals surface area contributed by atoms with Crippen LogP contribution in [0.25, 0.3) is 6.08 Å². The molecule has 0 aliphatic rings. The summed E-state index contributed by atoms with van der Waals surface area (Å²) < 4.78 is 9.96. The molecule has 194 valence electrons. The number of carbonyl (C=O) groups is 4. The van der Waals surface area contributed by atoms with Crippen LogP contribution in [0.2, 0.25) is 0 Å². The Labute approximate surface area is 208 Å². The topological polar surface area (TPSA) is 114 Å². The number of rotatable bonds is 11. The van der Waals surface area contributed by atoms with Gasteiger partial charge < -0.3 is 25.0 Å². The van der Waals surface area contributed by atoms with Gasteiger partial charge in [-0.2, -0.15) is 0 Å². The quantitative estimate of drug-likeness (QED) is 0.460. The molecule has 0 aliphatic carbocycles. The van der Waals surface area contributed by atoms with Crippen molar-refractivity contribution < 1.29 is 28.7 Å². The fraction of sp³-hybridized carbons (Fsp3) is 0.538. The van der Waals surface area contributed by atoms with Crippen LogP contribution in [0.5, 0.6) is 0 Å². The number of ether oxygens (including phenoxy) is 2. The smallest absolute Gasteiger partial charge is 0.408 e. The van der Waals surface area contributed by atoms with Gasteiger partial charge in [-0.1, -0.05) is 44.7 Å². The molecule has 35 heavy (non-hydrogen) atoms. The maximum absolute atomic E-state index is 13.7. The van der Waals surface area contributed by atoms with Crippen molar-refractivity contribution in [2.24, 2.45) is 5.92 Å². The van der Waals surface area contributed by atoms with Crippen LogP contribution in [0, 0.1) is 5.92 Å². The lowest BCUT2D eigenvalue weighted by Crippen LogP contribution is -2.53. The Morgan fingerprint density at radius 2 is 1.83 bits per heavy atom. The molecular formula is C26H39N3O6. The van der Waals surface area contributed by atoms with E-state index in [1.54, 1.807) is 52.0 Å². The summed E-state index contributed by atoms with van der Waals surface area (Å²) in [5, 5.41) is 5.22. The molecule has 0 aromatic heterocycles. The number of benzene rings is 1. The molecule has 1 aromatic carbocycles. The first-order valence-corrected chi connectivity index (χ1v) is 11.7. The van der Waals surface area contributed by atoms with Crippen LogP contribution >= 0.6 is 0 Å². The second-order valence-electron chi connectivity index (χ2n) is 9.52. The molecule has 9 nitrogen and oxygen atoms in total. The zero-order valence-electron chi connectivity index (χ0n) is 21.8. The van der Waals surface area contributed by atoms with Gasteiger partial charge in [-0.3, -0.25) is 14.4 Å². The standard InChI is InChI=1S/C26H39N3O6/c1-9-18-12-11-13-19(15-18)22(23(31)27-16-21(30)34-8)29(10-2)24(32)20(14-17(3)4)28-25(33)35-26(5,6)7/h9,11-13,15,17,20,22H,1,10,14,16H2,2-8H3,(H,27,31)(H,28,33). The highest BCUT2D eigenvalue weighted by Crippen LogP contribution is 2.25. The first-order valence-electron chi connectivity index (χ1n) is 11.7. The third-order valence-corrected chi connectivity index (χ3v) is 4.98. The van der Waals surface area contributed by atoms with Crippen LogP contribution in [0.15, 0.2) is 30.8 Å². The second kappa shape index (κ2) is 13.5. The normalized spacial score (nSPS) is 12.8. The molecule has 1 rings (SSSR count). The highest BCUT2D eigenvalue weighted by molar-refractivity contribution is 5.93. The van der Waals surface area contributed by atoms with Crippen LogP contribution in [0.1, 0.15) is 65.1 Å². The summed E-state index contributed by atoms with van der Waals surface area (Å²) in [6.07, 6.45) is 1.27.